The minimum Gasteiger partial charge on any atom is -0.453 e. The number of likely N-dealkylation sites (tertiary alicyclic amines) is 2. The maximum absolute atomic E-state index is 13.7. The van der Waals surface area contributed by atoms with Gasteiger partial charge in [-0.15, -0.1) is 0 Å². The summed E-state index contributed by atoms with van der Waals surface area (Å²) in [6.07, 6.45) is 5.41. The Hall–Kier alpha value is -6.19. The van der Waals surface area contributed by atoms with Crippen molar-refractivity contribution in [2.24, 2.45) is 11.8 Å². The number of hydrogen-bond donors (Lipinski definition) is 4. The zero-order chi connectivity index (χ0) is 41.2. The van der Waals surface area contributed by atoms with E-state index in [1.54, 1.807) is 22.2 Å². The van der Waals surface area contributed by atoms with Crippen LogP contribution in [0.1, 0.15) is 83.0 Å². The van der Waals surface area contributed by atoms with Gasteiger partial charge in [0, 0.05) is 31.1 Å². The van der Waals surface area contributed by atoms with Gasteiger partial charge < -0.3 is 44.3 Å². The molecular formula is C42H51N9O7. The third kappa shape index (κ3) is 7.87. The van der Waals surface area contributed by atoms with Gasteiger partial charge in [0.1, 0.15) is 29.2 Å². The Labute approximate surface area is 336 Å². The van der Waals surface area contributed by atoms with Gasteiger partial charge in [0.05, 0.1) is 50.1 Å². The van der Waals surface area contributed by atoms with Gasteiger partial charge in [0.15, 0.2) is 11.5 Å². The van der Waals surface area contributed by atoms with E-state index >= 15 is 0 Å². The number of amides is 4. The van der Waals surface area contributed by atoms with Crippen LogP contribution in [0, 0.1) is 18.8 Å². The molecule has 2 aliphatic rings. The van der Waals surface area contributed by atoms with Crippen LogP contribution in [0.4, 0.5) is 9.59 Å². The summed E-state index contributed by atoms with van der Waals surface area (Å²) in [7, 11) is 2.57. The Morgan fingerprint density at radius 2 is 1.21 bits per heavy atom. The molecule has 7 rings (SSSR count). The average Bonchev–Trinajstić information content (AvgIpc) is 4.06. The molecule has 4 atom stereocenters. The standard InChI is InChI=1S/C42H51N9O7/c1-22(2)33(48-41(54)56-6)39(52)50-18-8-10-31(50)37-43-20-29(46-37)26-14-12-25(13-15-26)27-16-17-28(35-36(27)58-24(5)45-35)30-21-44-38(47-30)32-11-9-19-51(32)40(53)34(23(3)4)49-42(55)57-7/h12-17,20-23,31-34H,8-11,18-19H2,1-7H3,(H,43,46)(H,44,47)(H,48,54)(H,49,55). The van der Waals surface area contributed by atoms with Crippen LogP contribution in [0.25, 0.3) is 44.7 Å². The molecule has 0 bridgehead atoms. The smallest absolute Gasteiger partial charge is 0.407 e. The molecule has 5 aromatic rings. The number of nitrogens with one attached hydrogen (secondary N) is 4. The van der Waals surface area contributed by atoms with Gasteiger partial charge >= 0.3 is 12.2 Å². The van der Waals surface area contributed by atoms with Gasteiger partial charge in [-0.05, 0) is 60.8 Å². The number of imidazole rings is 2. The van der Waals surface area contributed by atoms with E-state index in [1.165, 1.54) is 14.2 Å². The molecule has 4 N–H and O–H groups in total. The summed E-state index contributed by atoms with van der Waals surface area (Å²) in [6.45, 7) is 10.5. The minimum atomic E-state index is -0.721. The molecule has 3 aromatic heterocycles. The Bertz CT molecular complexity index is 2290. The van der Waals surface area contributed by atoms with Gasteiger partial charge in [-0.1, -0.05) is 52.0 Å². The van der Waals surface area contributed by atoms with E-state index in [0.29, 0.717) is 41.7 Å². The summed E-state index contributed by atoms with van der Waals surface area (Å²) in [5.41, 5.74) is 6.46. The number of benzene rings is 2. The molecule has 0 saturated carbocycles. The first-order valence-electron chi connectivity index (χ1n) is 19.8. The van der Waals surface area contributed by atoms with Crippen LogP contribution < -0.4 is 10.6 Å². The summed E-state index contributed by atoms with van der Waals surface area (Å²) in [5, 5.41) is 5.39. The monoisotopic (exact) mass is 793 g/mol. The molecule has 58 heavy (non-hydrogen) atoms. The van der Waals surface area contributed by atoms with Gasteiger partial charge in [-0.3, -0.25) is 9.59 Å². The Balaban J connectivity index is 1.09. The SMILES string of the molecule is COC(=O)NC(C(=O)N1CCCC1c1ncc(-c2ccc(-c3ccc(-c4cnc(C5CCCN5C(=O)C(NC(=O)OC)C(C)C)[nH]4)c4nc(C)oc34)cc2)[nH]1)C(C)C. The van der Waals surface area contributed by atoms with Crippen molar-refractivity contribution in [3.63, 3.8) is 0 Å². The lowest BCUT2D eigenvalue weighted by Gasteiger charge is -2.30. The number of aromatic amines is 2. The first-order chi connectivity index (χ1) is 27.9. The van der Waals surface area contributed by atoms with E-state index in [0.717, 1.165) is 59.3 Å². The number of aryl methyl sites for hydroxylation is 1. The van der Waals surface area contributed by atoms with E-state index in [4.69, 9.17) is 23.9 Å². The van der Waals surface area contributed by atoms with Crippen LogP contribution in [0.2, 0.25) is 0 Å². The lowest BCUT2D eigenvalue weighted by atomic mass is 9.99. The van der Waals surface area contributed by atoms with Crippen LogP contribution in [0.15, 0.2) is 53.2 Å². The van der Waals surface area contributed by atoms with E-state index in [2.05, 4.69) is 25.6 Å². The molecule has 306 valence electrons. The molecule has 5 heterocycles. The predicted molar refractivity (Wildman–Crippen MR) is 215 cm³/mol. The molecule has 2 aromatic carbocycles. The Morgan fingerprint density at radius 1 is 0.724 bits per heavy atom. The maximum Gasteiger partial charge on any atom is 0.407 e. The van der Waals surface area contributed by atoms with Gasteiger partial charge in [0.2, 0.25) is 11.8 Å². The number of H-pyrrole nitrogens is 2. The number of nitrogens with zero attached hydrogens (tertiary/aromatic N) is 5. The number of carbonyl (C=O) groups excluding carboxylic acids is 4. The van der Waals surface area contributed by atoms with Crippen LogP contribution in [-0.4, -0.2) is 98.1 Å². The topological polar surface area (TPSA) is 201 Å². The number of carbonyl (C=O) groups is 4. The molecule has 2 aliphatic heterocycles. The summed E-state index contributed by atoms with van der Waals surface area (Å²) < 4.78 is 15.7. The van der Waals surface area contributed by atoms with E-state index in [1.807, 2.05) is 71.0 Å². The van der Waals surface area contributed by atoms with Crippen molar-refractivity contribution in [3.05, 3.63) is 66.3 Å². The van der Waals surface area contributed by atoms with Crippen LogP contribution in [0.3, 0.4) is 0 Å². The summed E-state index contributed by atoms with van der Waals surface area (Å²) in [4.78, 5) is 75.9. The fraction of sp³-hybridized carbons (Fsp3) is 0.452. The molecule has 2 saturated heterocycles. The van der Waals surface area contributed by atoms with Crippen molar-refractivity contribution in [2.45, 2.75) is 84.5 Å². The number of methoxy groups -OCH3 is 2. The second-order valence-electron chi connectivity index (χ2n) is 15.6. The summed E-state index contributed by atoms with van der Waals surface area (Å²) in [5.74, 6) is 1.31. The number of aromatic nitrogens is 5. The fourth-order valence-corrected chi connectivity index (χ4v) is 8.07. The van der Waals surface area contributed by atoms with Gasteiger partial charge in [0.25, 0.3) is 0 Å². The van der Waals surface area contributed by atoms with Crippen molar-refractivity contribution in [1.82, 2.24) is 45.4 Å². The third-order valence-corrected chi connectivity index (χ3v) is 11.1. The number of ether oxygens (including phenoxy) is 2. The quantitative estimate of drug-likeness (QED) is 0.112. The average molecular weight is 794 g/mol. The van der Waals surface area contributed by atoms with Crippen molar-refractivity contribution in [2.75, 3.05) is 27.3 Å². The van der Waals surface area contributed by atoms with Crippen LogP contribution in [-0.2, 0) is 19.1 Å². The van der Waals surface area contributed by atoms with E-state index in [9.17, 15) is 19.2 Å². The van der Waals surface area contributed by atoms with Crippen molar-refractivity contribution >= 4 is 35.1 Å². The summed E-state index contributed by atoms with van der Waals surface area (Å²) >= 11 is 0. The second kappa shape index (κ2) is 16.7. The zero-order valence-corrected chi connectivity index (χ0v) is 33.9. The molecular weight excluding hydrogens is 743 g/mol. The number of oxazole rings is 1. The molecule has 0 spiro atoms. The second-order valence-corrected chi connectivity index (χ2v) is 15.6. The Morgan fingerprint density at radius 3 is 1.72 bits per heavy atom. The van der Waals surface area contributed by atoms with Crippen molar-refractivity contribution in [3.8, 4) is 33.6 Å². The van der Waals surface area contributed by atoms with Gasteiger partial charge in [-0.25, -0.2) is 24.5 Å². The Kier molecular flexibility index (Phi) is 11.5. The predicted octanol–water partition coefficient (Wildman–Crippen LogP) is 6.67. The minimum absolute atomic E-state index is 0.121. The molecule has 16 nitrogen and oxygen atoms in total. The van der Waals surface area contributed by atoms with Crippen LogP contribution in [0.5, 0.6) is 0 Å². The third-order valence-electron chi connectivity index (χ3n) is 11.1. The molecule has 4 unspecified atom stereocenters. The molecule has 0 radical (unpaired) electrons. The fourth-order valence-electron chi connectivity index (χ4n) is 8.07. The molecule has 16 heteroatoms. The van der Waals surface area contributed by atoms with Crippen LogP contribution >= 0.6 is 0 Å². The highest BCUT2D eigenvalue weighted by atomic mass is 16.5. The largest absolute Gasteiger partial charge is 0.453 e. The van der Waals surface area contributed by atoms with E-state index < -0.39 is 24.3 Å². The van der Waals surface area contributed by atoms with Crippen molar-refractivity contribution < 1.29 is 33.1 Å². The van der Waals surface area contributed by atoms with Gasteiger partial charge in [-0.2, -0.15) is 0 Å². The highest BCUT2D eigenvalue weighted by molar-refractivity contribution is 5.99. The highest BCUT2D eigenvalue weighted by Crippen LogP contribution is 2.39. The lowest BCUT2D eigenvalue weighted by molar-refractivity contribution is -0.136. The zero-order valence-electron chi connectivity index (χ0n) is 33.9. The first-order valence-corrected chi connectivity index (χ1v) is 19.8. The number of alkyl carbamates (subject to hydrolysis) is 2. The van der Waals surface area contributed by atoms with Crippen molar-refractivity contribution in [1.29, 1.82) is 0 Å². The first kappa shape index (κ1) is 40.0. The maximum atomic E-state index is 13.7. The highest BCUT2D eigenvalue weighted by Gasteiger charge is 2.39. The van der Waals surface area contributed by atoms with E-state index in [-0.39, 0.29) is 35.7 Å². The lowest BCUT2D eigenvalue weighted by Crippen LogP contribution is -2.51. The normalized spacial score (nSPS) is 17.9. The summed E-state index contributed by atoms with van der Waals surface area (Å²) in [6, 6.07) is 10.2. The number of fused-ring (bicyclic) bond motifs is 1. The molecule has 4 amide bonds. The molecule has 0 aliphatic carbocycles. The number of rotatable bonds is 11. The molecule has 2 fully saturated rings. The number of hydrogen-bond acceptors (Lipinski definition) is 10.